The largest absolute Gasteiger partial charge is 0.497 e. The molecule has 2 aromatic carbocycles. The molecule has 2 aromatic rings. The number of carbonyl (C=O) groups excluding carboxylic acids is 1. The molecular weight excluding hydrogens is 290 g/mol. The van der Waals surface area contributed by atoms with E-state index in [9.17, 15) is 13.6 Å². The minimum absolute atomic E-state index is 0.00460. The molecule has 0 saturated heterocycles. The molecule has 0 aliphatic carbocycles. The quantitative estimate of drug-likeness (QED) is 0.697. The van der Waals surface area contributed by atoms with Crippen molar-refractivity contribution >= 4 is 11.6 Å². The number of hydrogen-bond acceptors (Lipinski definition) is 3. The summed E-state index contributed by atoms with van der Waals surface area (Å²) in [4.78, 5) is 11.9. The Kier molecular flexibility index (Phi) is 4.83. The van der Waals surface area contributed by atoms with E-state index in [1.807, 2.05) is 0 Å². The number of hydrazone groups is 1. The summed E-state index contributed by atoms with van der Waals surface area (Å²) in [7, 11) is 1.52. The molecule has 2 rings (SSSR count). The molecule has 0 atom stereocenters. The molecule has 114 valence electrons. The normalized spacial score (nSPS) is 11.2. The van der Waals surface area contributed by atoms with Crippen LogP contribution in [0.2, 0.25) is 0 Å². The fraction of sp³-hybridized carbons (Fsp3) is 0.125. The summed E-state index contributed by atoms with van der Waals surface area (Å²) in [6.07, 6.45) is 0. The van der Waals surface area contributed by atoms with Crippen LogP contribution in [0.15, 0.2) is 47.6 Å². The number of ether oxygens (including phenoxy) is 1. The van der Waals surface area contributed by atoms with E-state index >= 15 is 0 Å². The minimum atomic E-state index is -0.610. The third kappa shape index (κ3) is 3.66. The lowest BCUT2D eigenvalue weighted by atomic mass is 10.1. The maximum absolute atomic E-state index is 13.6. The van der Waals surface area contributed by atoms with Crippen molar-refractivity contribution in [1.82, 2.24) is 5.43 Å². The predicted octanol–water partition coefficient (Wildman–Crippen LogP) is 3.13. The Hall–Kier alpha value is -2.76. The van der Waals surface area contributed by atoms with Crippen LogP contribution in [0.25, 0.3) is 0 Å². The lowest BCUT2D eigenvalue weighted by Crippen LogP contribution is -2.19. The zero-order valence-corrected chi connectivity index (χ0v) is 12.1. The Morgan fingerprint density at radius 1 is 1.14 bits per heavy atom. The molecule has 0 spiro atoms. The predicted molar refractivity (Wildman–Crippen MR) is 79.0 cm³/mol. The van der Waals surface area contributed by atoms with Gasteiger partial charge >= 0.3 is 0 Å². The second-order valence-corrected chi connectivity index (χ2v) is 4.49. The highest BCUT2D eigenvalue weighted by Crippen LogP contribution is 2.12. The van der Waals surface area contributed by atoms with Crippen molar-refractivity contribution in [1.29, 1.82) is 0 Å². The summed E-state index contributed by atoms with van der Waals surface area (Å²) in [5.74, 6) is -1.02. The van der Waals surface area contributed by atoms with Crippen LogP contribution in [0.1, 0.15) is 22.8 Å². The molecule has 0 aliphatic rings. The molecule has 6 heteroatoms. The Bertz CT molecular complexity index is 713. The summed E-state index contributed by atoms with van der Waals surface area (Å²) in [6, 6.07) is 9.46. The van der Waals surface area contributed by atoms with Gasteiger partial charge in [0.25, 0.3) is 5.91 Å². The molecule has 0 aliphatic heterocycles. The maximum atomic E-state index is 13.6. The summed E-state index contributed by atoms with van der Waals surface area (Å²) in [5, 5.41) is 3.79. The van der Waals surface area contributed by atoms with E-state index < -0.39 is 17.5 Å². The highest BCUT2D eigenvalue weighted by molar-refractivity contribution is 6.01. The fourth-order valence-electron chi connectivity index (χ4n) is 1.78. The lowest BCUT2D eigenvalue weighted by molar-refractivity contribution is 0.0955. The van der Waals surface area contributed by atoms with E-state index in [-0.39, 0.29) is 11.3 Å². The number of nitrogens with one attached hydrogen (secondary N) is 1. The first-order valence-electron chi connectivity index (χ1n) is 6.45. The van der Waals surface area contributed by atoms with Crippen molar-refractivity contribution in [3.8, 4) is 5.75 Å². The Morgan fingerprint density at radius 3 is 2.45 bits per heavy atom. The van der Waals surface area contributed by atoms with Crippen molar-refractivity contribution in [2.24, 2.45) is 5.10 Å². The summed E-state index contributed by atoms with van der Waals surface area (Å²) >= 11 is 0. The standard InChI is InChI=1S/C16H14F2N2O2/c1-10(14-9-12(17)5-8-15(14)18)19-20-16(21)11-3-6-13(22-2)7-4-11/h3-9H,1-2H3,(H,20,21)/b19-10-. The van der Waals surface area contributed by atoms with Crippen LogP contribution in [0.5, 0.6) is 5.75 Å². The Balaban J connectivity index is 2.12. The fourth-order valence-corrected chi connectivity index (χ4v) is 1.78. The van der Waals surface area contributed by atoms with Crippen molar-refractivity contribution in [2.75, 3.05) is 7.11 Å². The van der Waals surface area contributed by atoms with Crippen LogP contribution < -0.4 is 10.2 Å². The molecule has 0 fully saturated rings. The van der Waals surface area contributed by atoms with Crippen LogP contribution in [0, 0.1) is 11.6 Å². The van der Waals surface area contributed by atoms with Crippen molar-refractivity contribution in [3.63, 3.8) is 0 Å². The Labute approximate surface area is 126 Å². The smallest absolute Gasteiger partial charge is 0.271 e. The topological polar surface area (TPSA) is 50.7 Å². The monoisotopic (exact) mass is 304 g/mol. The van der Waals surface area contributed by atoms with E-state index in [0.717, 1.165) is 18.2 Å². The summed E-state index contributed by atoms with van der Waals surface area (Å²) in [6.45, 7) is 1.48. The number of carbonyl (C=O) groups is 1. The maximum Gasteiger partial charge on any atom is 0.271 e. The van der Waals surface area contributed by atoms with Gasteiger partial charge in [-0.05, 0) is 49.4 Å². The molecule has 22 heavy (non-hydrogen) atoms. The lowest BCUT2D eigenvalue weighted by Gasteiger charge is -2.05. The highest BCUT2D eigenvalue weighted by Gasteiger charge is 2.09. The molecule has 1 N–H and O–H groups in total. The molecule has 0 heterocycles. The van der Waals surface area contributed by atoms with E-state index in [4.69, 9.17) is 4.74 Å². The number of halogens is 2. The first-order chi connectivity index (χ1) is 10.5. The molecule has 0 saturated carbocycles. The summed E-state index contributed by atoms with van der Waals surface area (Å²) < 4.78 is 31.7. The zero-order valence-electron chi connectivity index (χ0n) is 12.1. The number of methoxy groups -OCH3 is 1. The van der Waals surface area contributed by atoms with Crippen LogP contribution in [0.4, 0.5) is 8.78 Å². The van der Waals surface area contributed by atoms with Gasteiger partial charge in [-0.3, -0.25) is 4.79 Å². The zero-order chi connectivity index (χ0) is 16.1. The van der Waals surface area contributed by atoms with Gasteiger partial charge in [0.15, 0.2) is 0 Å². The molecule has 0 bridgehead atoms. The van der Waals surface area contributed by atoms with E-state index in [1.54, 1.807) is 24.3 Å². The number of rotatable bonds is 4. The van der Waals surface area contributed by atoms with Gasteiger partial charge in [-0.25, -0.2) is 14.2 Å². The minimum Gasteiger partial charge on any atom is -0.497 e. The third-order valence-corrected chi connectivity index (χ3v) is 3.00. The van der Waals surface area contributed by atoms with Crippen LogP contribution in [-0.4, -0.2) is 18.7 Å². The first-order valence-corrected chi connectivity index (χ1v) is 6.45. The van der Waals surface area contributed by atoms with E-state index in [1.165, 1.54) is 14.0 Å². The molecule has 4 nitrogen and oxygen atoms in total. The number of benzene rings is 2. The number of amides is 1. The number of hydrogen-bond donors (Lipinski definition) is 1. The molecule has 0 unspecified atom stereocenters. The molecule has 0 radical (unpaired) electrons. The van der Waals surface area contributed by atoms with Gasteiger partial charge in [0.05, 0.1) is 12.8 Å². The van der Waals surface area contributed by atoms with Gasteiger partial charge in [0.2, 0.25) is 0 Å². The van der Waals surface area contributed by atoms with Gasteiger partial charge in [-0.15, -0.1) is 0 Å². The average Bonchev–Trinajstić information content (AvgIpc) is 2.54. The van der Waals surface area contributed by atoms with Gasteiger partial charge < -0.3 is 4.74 Å². The van der Waals surface area contributed by atoms with Gasteiger partial charge in [-0.1, -0.05) is 0 Å². The van der Waals surface area contributed by atoms with Gasteiger partial charge in [0.1, 0.15) is 17.4 Å². The van der Waals surface area contributed by atoms with Gasteiger partial charge in [-0.2, -0.15) is 5.10 Å². The van der Waals surface area contributed by atoms with Crippen LogP contribution in [0.3, 0.4) is 0 Å². The van der Waals surface area contributed by atoms with Crippen molar-refractivity contribution in [3.05, 3.63) is 65.2 Å². The second kappa shape index (κ2) is 6.80. The Morgan fingerprint density at radius 2 is 1.82 bits per heavy atom. The van der Waals surface area contributed by atoms with Crippen LogP contribution >= 0.6 is 0 Å². The average molecular weight is 304 g/mol. The second-order valence-electron chi connectivity index (χ2n) is 4.49. The number of nitrogens with zero attached hydrogens (tertiary/aromatic N) is 1. The highest BCUT2D eigenvalue weighted by atomic mass is 19.1. The SMILES string of the molecule is COc1ccc(C(=O)N/N=C(/C)c2cc(F)ccc2F)cc1. The summed E-state index contributed by atoms with van der Waals surface area (Å²) in [5.41, 5.74) is 2.83. The first kappa shape index (κ1) is 15.6. The van der Waals surface area contributed by atoms with Crippen molar-refractivity contribution < 1.29 is 18.3 Å². The van der Waals surface area contributed by atoms with Crippen LogP contribution in [-0.2, 0) is 0 Å². The molecule has 0 aromatic heterocycles. The van der Waals surface area contributed by atoms with E-state index in [0.29, 0.717) is 11.3 Å². The van der Waals surface area contributed by atoms with E-state index in [2.05, 4.69) is 10.5 Å². The molecule has 1 amide bonds. The van der Waals surface area contributed by atoms with Crippen molar-refractivity contribution in [2.45, 2.75) is 6.92 Å². The molecular formula is C16H14F2N2O2. The third-order valence-electron chi connectivity index (χ3n) is 3.00. The van der Waals surface area contributed by atoms with Gasteiger partial charge in [0, 0.05) is 11.1 Å².